The van der Waals surface area contributed by atoms with Gasteiger partial charge in [0.2, 0.25) is 5.91 Å². The number of benzene rings is 1. The maximum Gasteiger partial charge on any atom is 0.230 e. The fourth-order valence-electron chi connectivity index (χ4n) is 5.42. The molecule has 2 nitrogen and oxygen atoms in total. The SMILES string of the molecule is C[Si](C)(C)/C(=C1\CC[C@H]2[C@H]3CCCC[C@H]3C(=O)N12)c1ccccc1. The number of rotatable bonds is 2. The third-order valence-electron chi connectivity index (χ3n) is 6.27. The number of amides is 1. The molecule has 3 fully saturated rings. The van der Waals surface area contributed by atoms with Crippen molar-refractivity contribution in [2.24, 2.45) is 11.8 Å². The van der Waals surface area contributed by atoms with Crippen LogP contribution in [0, 0.1) is 11.8 Å². The summed E-state index contributed by atoms with van der Waals surface area (Å²) in [5.74, 6) is 1.39. The molecule has 1 amide bonds. The smallest absolute Gasteiger partial charge is 0.230 e. The van der Waals surface area contributed by atoms with Gasteiger partial charge in [0.1, 0.15) is 0 Å². The predicted octanol–water partition coefficient (Wildman–Crippen LogP) is 5.09. The summed E-state index contributed by atoms with van der Waals surface area (Å²) in [6.07, 6.45) is 7.22. The maximum atomic E-state index is 13.2. The molecule has 0 N–H and O–H groups in total. The van der Waals surface area contributed by atoms with Crippen LogP contribution in [0.1, 0.15) is 44.1 Å². The molecule has 3 atom stereocenters. The zero-order chi connectivity index (χ0) is 16.9. The summed E-state index contributed by atoms with van der Waals surface area (Å²) in [5.41, 5.74) is 2.72. The van der Waals surface area contributed by atoms with Crippen LogP contribution >= 0.6 is 0 Å². The van der Waals surface area contributed by atoms with Gasteiger partial charge in [-0.25, -0.2) is 0 Å². The average molecular weight is 340 g/mol. The Kier molecular flexibility index (Phi) is 3.95. The van der Waals surface area contributed by atoms with E-state index in [2.05, 4.69) is 54.9 Å². The molecule has 0 radical (unpaired) electrons. The minimum Gasteiger partial charge on any atom is -0.313 e. The summed E-state index contributed by atoms with van der Waals surface area (Å²) in [4.78, 5) is 15.5. The van der Waals surface area contributed by atoms with Gasteiger partial charge in [0.15, 0.2) is 0 Å². The molecular formula is C21H29NOSi. The van der Waals surface area contributed by atoms with Gasteiger partial charge in [0.05, 0.1) is 8.07 Å². The molecule has 3 aliphatic rings. The van der Waals surface area contributed by atoms with Crippen molar-refractivity contribution in [3.8, 4) is 0 Å². The third-order valence-corrected chi connectivity index (χ3v) is 8.35. The Morgan fingerprint density at radius 1 is 1.04 bits per heavy atom. The molecule has 0 bridgehead atoms. The van der Waals surface area contributed by atoms with Gasteiger partial charge in [-0.2, -0.15) is 0 Å². The van der Waals surface area contributed by atoms with Gasteiger partial charge in [-0.05, 0) is 42.4 Å². The number of allylic oxidation sites excluding steroid dienone is 1. The van der Waals surface area contributed by atoms with Crippen molar-refractivity contribution >= 4 is 19.2 Å². The number of nitrogens with zero attached hydrogens (tertiary/aromatic N) is 1. The average Bonchev–Trinajstić information content (AvgIpc) is 3.09. The van der Waals surface area contributed by atoms with Crippen LogP contribution in [0.15, 0.2) is 36.0 Å². The van der Waals surface area contributed by atoms with Gasteiger partial charge in [-0.15, -0.1) is 0 Å². The van der Waals surface area contributed by atoms with Gasteiger partial charge < -0.3 is 4.90 Å². The van der Waals surface area contributed by atoms with Gasteiger partial charge in [0, 0.05) is 17.7 Å². The molecule has 4 rings (SSSR count). The van der Waals surface area contributed by atoms with Gasteiger partial charge in [-0.1, -0.05) is 62.8 Å². The number of carbonyl (C=O) groups excluding carboxylic acids is 1. The van der Waals surface area contributed by atoms with E-state index in [4.69, 9.17) is 0 Å². The second kappa shape index (κ2) is 5.87. The highest BCUT2D eigenvalue weighted by Gasteiger charge is 2.52. The van der Waals surface area contributed by atoms with Crippen molar-refractivity contribution in [2.75, 3.05) is 0 Å². The monoisotopic (exact) mass is 339 g/mol. The van der Waals surface area contributed by atoms with Crippen molar-refractivity contribution in [1.29, 1.82) is 0 Å². The molecule has 2 aliphatic heterocycles. The van der Waals surface area contributed by atoms with E-state index in [-0.39, 0.29) is 0 Å². The zero-order valence-corrected chi connectivity index (χ0v) is 16.2. The van der Waals surface area contributed by atoms with Crippen molar-refractivity contribution in [3.63, 3.8) is 0 Å². The van der Waals surface area contributed by atoms with Gasteiger partial charge in [-0.3, -0.25) is 4.79 Å². The van der Waals surface area contributed by atoms with Gasteiger partial charge >= 0.3 is 0 Å². The standard InChI is InChI=1S/C21H29NOSi/c1-24(2,3)20(15-9-5-4-6-10-15)19-14-13-18-16-11-7-8-12-17(16)21(23)22(18)19/h4-6,9-10,16-18H,7-8,11-14H2,1-3H3/b20-19+/t16-,17+,18-/m0/s1. The van der Waals surface area contributed by atoms with E-state index in [0.717, 1.165) is 12.8 Å². The molecule has 1 aromatic rings. The zero-order valence-electron chi connectivity index (χ0n) is 15.2. The summed E-state index contributed by atoms with van der Waals surface area (Å²) in [6, 6.07) is 11.3. The van der Waals surface area contributed by atoms with Crippen LogP contribution in [0.5, 0.6) is 0 Å². The van der Waals surface area contributed by atoms with Crippen LogP contribution in [0.25, 0.3) is 5.20 Å². The minimum absolute atomic E-state index is 0.317. The predicted molar refractivity (Wildman–Crippen MR) is 102 cm³/mol. The summed E-state index contributed by atoms with van der Waals surface area (Å²) >= 11 is 0. The topological polar surface area (TPSA) is 20.3 Å². The Balaban J connectivity index is 1.82. The highest BCUT2D eigenvalue weighted by atomic mass is 28.3. The maximum absolute atomic E-state index is 13.2. The second-order valence-corrected chi connectivity index (χ2v) is 13.8. The lowest BCUT2D eigenvalue weighted by atomic mass is 9.77. The van der Waals surface area contributed by atoms with Crippen LogP contribution in [0.4, 0.5) is 0 Å². The van der Waals surface area contributed by atoms with Gasteiger partial charge in [0.25, 0.3) is 0 Å². The number of hydrogen-bond donors (Lipinski definition) is 0. The van der Waals surface area contributed by atoms with Crippen LogP contribution in [-0.4, -0.2) is 24.9 Å². The van der Waals surface area contributed by atoms with Crippen LogP contribution in [-0.2, 0) is 4.79 Å². The Hall–Kier alpha value is -1.35. The molecule has 128 valence electrons. The Labute approximate surface area is 147 Å². The fraction of sp³-hybridized carbons (Fsp3) is 0.571. The van der Waals surface area contributed by atoms with E-state index < -0.39 is 8.07 Å². The fourth-order valence-corrected chi connectivity index (χ4v) is 7.57. The first-order chi connectivity index (χ1) is 11.5. The highest BCUT2D eigenvalue weighted by Crippen LogP contribution is 2.50. The van der Waals surface area contributed by atoms with Crippen molar-refractivity contribution in [3.05, 3.63) is 41.6 Å². The molecule has 3 heteroatoms. The number of carbonyl (C=O) groups is 1. The van der Waals surface area contributed by atoms with Crippen LogP contribution < -0.4 is 0 Å². The lowest BCUT2D eigenvalue weighted by Crippen LogP contribution is -2.33. The summed E-state index contributed by atoms with van der Waals surface area (Å²) in [6.45, 7) is 7.26. The van der Waals surface area contributed by atoms with E-state index in [0.29, 0.717) is 23.8 Å². The van der Waals surface area contributed by atoms with E-state index in [1.54, 1.807) is 0 Å². The second-order valence-electron chi connectivity index (χ2n) is 8.81. The molecule has 0 spiro atoms. The normalized spacial score (nSPS) is 31.9. The third kappa shape index (κ3) is 2.48. The lowest BCUT2D eigenvalue weighted by molar-refractivity contribution is -0.130. The molecule has 2 saturated heterocycles. The van der Waals surface area contributed by atoms with Crippen molar-refractivity contribution < 1.29 is 4.79 Å². The lowest BCUT2D eigenvalue weighted by Gasteiger charge is -2.29. The molecule has 0 unspecified atom stereocenters. The molecule has 2 heterocycles. The minimum atomic E-state index is -1.55. The molecule has 1 saturated carbocycles. The molecule has 1 aliphatic carbocycles. The van der Waals surface area contributed by atoms with Crippen molar-refractivity contribution in [2.45, 2.75) is 64.2 Å². The molecular weight excluding hydrogens is 310 g/mol. The van der Waals surface area contributed by atoms with Crippen molar-refractivity contribution in [1.82, 2.24) is 4.90 Å². The summed E-state index contributed by atoms with van der Waals surface area (Å²) in [5, 5.41) is 1.51. The summed E-state index contributed by atoms with van der Waals surface area (Å²) < 4.78 is 0. The Morgan fingerprint density at radius 3 is 2.46 bits per heavy atom. The first kappa shape index (κ1) is 16.1. The van der Waals surface area contributed by atoms with E-state index in [1.165, 1.54) is 42.1 Å². The van der Waals surface area contributed by atoms with E-state index >= 15 is 0 Å². The molecule has 0 aromatic heterocycles. The first-order valence-corrected chi connectivity index (χ1v) is 13.1. The summed E-state index contributed by atoms with van der Waals surface area (Å²) in [7, 11) is -1.55. The quantitative estimate of drug-likeness (QED) is 0.688. The number of fused-ring (bicyclic) bond motifs is 3. The first-order valence-electron chi connectivity index (χ1n) is 9.60. The number of hydrogen-bond acceptors (Lipinski definition) is 1. The largest absolute Gasteiger partial charge is 0.313 e. The van der Waals surface area contributed by atoms with Crippen LogP contribution in [0.3, 0.4) is 0 Å². The van der Waals surface area contributed by atoms with E-state index in [1.807, 2.05) is 0 Å². The highest BCUT2D eigenvalue weighted by molar-refractivity contribution is 6.93. The molecule has 1 aromatic carbocycles. The van der Waals surface area contributed by atoms with Crippen LogP contribution in [0.2, 0.25) is 19.6 Å². The molecule has 24 heavy (non-hydrogen) atoms. The Bertz CT molecular complexity index is 673. The Morgan fingerprint density at radius 2 is 1.75 bits per heavy atom. The van der Waals surface area contributed by atoms with E-state index in [9.17, 15) is 4.79 Å².